The molecule has 35 heavy (non-hydrogen) atoms. The van der Waals surface area contributed by atoms with Gasteiger partial charge in [-0.25, -0.2) is 0 Å². The molecule has 1 aliphatic heterocycles. The van der Waals surface area contributed by atoms with E-state index < -0.39 is 17.9 Å². The van der Waals surface area contributed by atoms with E-state index in [1.165, 1.54) is 0 Å². The van der Waals surface area contributed by atoms with Crippen LogP contribution in [0, 0.1) is 23.7 Å². The van der Waals surface area contributed by atoms with Crippen LogP contribution in [0.15, 0.2) is 36.4 Å². The molecule has 8 heteroatoms. The summed E-state index contributed by atoms with van der Waals surface area (Å²) in [5.74, 6) is -1.26. The van der Waals surface area contributed by atoms with Gasteiger partial charge in [0.25, 0.3) is 0 Å². The topological polar surface area (TPSA) is 108 Å². The molecule has 1 heterocycles. The Bertz CT molecular complexity index is 901. The van der Waals surface area contributed by atoms with Gasteiger partial charge in [0, 0.05) is 31.8 Å². The van der Waals surface area contributed by atoms with Gasteiger partial charge in [0.2, 0.25) is 17.7 Å². The lowest BCUT2D eigenvalue weighted by Crippen LogP contribution is -2.45. The number of aliphatic hydroxyl groups excluding tert-OH is 1. The third-order valence-corrected chi connectivity index (χ3v) is 7.22. The monoisotopic (exact) mass is 485 g/mol. The van der Waals surface area contributed by atoms with Gasteiger partial charge in [0.1, 0.15) is 11.8 Å². The summed E-state index contributed by atoms with van der Waals surface area (Å²) in [6, 6.07) is 6.40. The van der Waals surface area contributed by atoms with Crippen molar-refractivity contribution >= 4 is 23.4 Å². The molecule has 192 valence electrons. The predicted molar refractivity (Wildman–Crippen MR) is 135 cm³/mol. The number of amides is 3. The minimum Gasteiger partial charge on any atom is -0.497 e. The number of benzene rings is 1. The number of allylic oxidation sites excluding steroid dienone is 1. The molecule has 0 unspecified atom stereocenters. The van der Waals surface area contributed by atoms with Crippen molar-refractivity contribution < 1.29 is 24.2 Å². The predicted octanol–water partition coefficient (Wildman–Crippen LogP) is 2.98. The summed E-state index contributed by atoms with van der Waals surface area (Å²) in [7, 11) is 3.19. The van der Waals surface area contributed by atoms with Crippen LogP contribution in [-0.4, -0.2) is 61.1 Å². The molecular weight excluding hydrogens is 446 g/mol. The first-order valence-electron chi connectivity index (χ1n) is 12.7. The number of carbonyl (C=O) groups is 3. The summed E-state index contributed by atoms with van der Waals surface area (Å²) in [5.41, 5.74) is 0.626. The Kier molecular flexibility index (Phi) is 9.72. The normalized spacial score (nSPS) is 25.3. The van der Waals surface area contributed by atoms with Crippen molar-refractivity contribution in [2.45, 2.75) is 51.5 Å². The second-order valence-electron chi connectivity index (χ2n) is 9.41. The number of carbonyl (C=O) groups excluding carboxylic acids is 3. The van der Waals surface area contributed by atoms with E-state index in [2.05, 4.69) is 17.6 Å². The van der Waals surface area contributed by atoms with Gasteiger partial charge in [-0.1, -0.05) is 38.3 Å². The number of fused-ring (bicyclic) bond motifs is 1. The molecule has 3 rings (SSSR count). The zero-order valence-electron chi connectivity index (χ0n) is 21.0. The second-order valence-corrected chi connectivity index (χ2v) is 9.41. The van der Waals surface area contributed by atoms with Crippen molar-refractivity contribution in [3.05, 3.63) is 36.4 Å². The summed E-state index contributed by atoms with van der Waals surface area (Å²) in [4.78, 5) is 42.0. The Labute approximate surface area is 208 Å². The van der Waals surface area contributed by atoms with Crippen LogP contribution in [0.25, 0.3) is 0 Å². The standard InChI is InChI=1S/C27H39N3O5/c1-4-9-18-10-15-21-23(22(18)25(32)28-2)27(34)30(16-7-5-6-8-17-31)24(21)26(33)29-19-11-13-20(35-3)14-12-19/h10-15,18,21-24,31H,4-9,16-17H2,1-3H3,(H,28,32)(H,29,33)/t18-,21+,22-,23-,24+/m1/s1. The SMILES string of the molecule is CCC[C@@H]1C=C[C@H]2[C@@H](C(=O)N(CCCCCCO)[C@@H]2C(=O)Nc2ccc(OC)cc2)[C@@H]1C(=O)NC. The number of methoxy groups -OCH3 is 1. The molecule has 1 aliphatic carbocycles. The molecule has 0 spiro atoms. The molecule has 3 amide bonds. The van der Waals surface area contributed by atoms with Crippen LogP contribution in [0.1, 0.15) is 45.4 Å². The first kappa shape index (κ1) is 26.7. The molecule has 1 aromatic rings. The summed E-state index contributed by atoms with van der Waals surface area (Å²) < 4.78 is 5.19. The van der Waals surface area contributed by atoms with Crippen molar-refractivity contribution in [3.63, 3.8) is 0 Å². The lowest BCUT2D eigenvalue weighted by Gasteiger charge is -2.34. The highest BCUT2D eigenvalue weighted by Crippen LogP contribution is 2.45. The zero-order chi connectivity index (χ0) is 25.4. The van der Waals surface area contributed by atoms with Gasteiger partial charge >= 0.3 is 0 Å². The first-order chi connectivity index (χ1) is 17.0. The zero-order valence-corrected chi connectivity index (χ0v) is 21.0. The molecular formula is C27H39N3O5. The molecule has 8 nitrogen and oxygen atoms in total. The van der Waals surface area contributed by atoms with Crippen LogP contribution in [-0.2, 0) is 14.4 Å². The molecule has 0 bridgehead atoms. The average Bonchev–Trinajstić information content (AvgIpc) is 3.15. The second kappa shape index (κ2) is 12.7. The third-order valence-electron chi connectivity index (χ3n) is 7.22. The van der Waals surface area contributed by atoms with Gasteiger partial charge in [0.15, 0.2) is 0 Å². The fourth-order valence-electron chi connectivity index (χ4n) is 5.51. The number of unbranched alkanes of at least 4 members (excludes halogenated alkanes) is 3. The quantitative estimate of drug-likeness (QED) is 0.312. The Morgan fingerprint density at radius 3 is 2.40 bits per heavy atom. The average molecular weight is 486 g/mol. The van der Waals surface area contributed by atoms with Gasteiger partial charge in [0.05, 0.1) is 18.9 Å². The number of anilines is 1. The smallest absolute Gasteiger partial charge is 0.247 e. The van der Waals surface area contributed by atoms with Crippen LogP contribution >= 0.6 is 0 Å². The van der Waals surface area contributed by atoms with E-state index in [9.17, 15) is 14.4 Å². The molecule has 0 radical (unpaired) electrons. The Morgan fingerprint density at radius 1 is 1.06 bits per heavy atom. The molecule has 3 N–H and O–H groups in total. The van der Waals surface area contributed by atoms with Crippen molar-refractivity contribution in [2.75, 3.05) is 32.6 Å². The van der Waals surface area contributed by atoms with Crippen LogP contribution in [0.3, 0.4) is 0 Å². The number of likely N-dealkylation sites (tertiary alicyclic amines) is 1. The summed E-state index contributed by atoms with van der Waals surface area (Å²) in [6.07, 6.45) is 8.94. The van der Waals surface area contributed by atoms with E-state index in [0.29, 0.717) is 18.0 Å². The van der Waals surface area contributed by atoms with E-state index >= 15 is 0 Å². The highest BCUT2D eigenvalue weighted by molar-refractivity contribution is 6.01. The van der Waals surface area contributed by atoms with Crippen molar-refractivity contribution in [1.29, 1.82) is 0 Å². The van der Waals surface area contributed by atoms with E-state index in [1.807, 2.05) is 12.2 Å². The van der Waals surface area contributed by atoms with E-state index in [0.717, 1.165) is 38.5 Å². The van der Waals surface area contributed by atoms with Gasteiger partial charge in [-0.2, -0.15) is 0 Å². The number of rotatable bonds is 12. The first-order valence-corrected chi connectivity index (χ1v) is 12.7. The molecule has 1 aromatic carbocycles. The number of hydrogen-bond acceptors (Lipinski definition) is 5. The number of hydrogen-bond donors (Lipinski definition) is 3. The lowest BCUT2D eigenvalue weighted by atomic mass is 9.68. The Morgan fingerprint density at radius 2 is 1.77 bits per heavy atom. The van der Waals surface area contributed by atoms with Crippen LogP contribution in [0.2, 0.25) is 0 Å². The van der Waals surface area contributed by atoms with Crippen molar-refractivity contribution in [2.24, 2.45) is 23.7 Å². The summed E-state index contributed by atoms with van der Waals surface area (Å²) in [6.45, 7) is 2.67. The van der Waals surface area contributed by atoms with Gasteiger partial charge < -0.3 is 25.4 Å². The van der Waals surface area contributed by atoms with Gasteiger partial charge in [-0.3, -0.25) is 14.4 Å². The molecule has 0 saturated carbocycles. The van der Waals surface area contributed by atoms with Crippen molar-refractivity contribution in [3.8, 4) is 5.75 Å². The van der Waals surface area contributed by atoms with Crippen molar-refractivity contribution in [1.82, 2.24) is 10.2 Å². The number of ether oxygens (including phenoxy) is 1. The lowest BCUT2D eigenvalue weighted by molar-refractivity contribution is -0.140. The fourth-order valence-corrected chi connectivity index (χ4v) is 5.51. The maximum absolute atomic E-state index is 13.8. The number of nitrogens with zero attached hydrogens (tertiary/aromatic N) is 1. The summed E-state index contributed by atoms with van der Waals surface area (Å²) >= 11 is 0. The molecule has 1 fully saturated rings. The molecule has 5 atom stereocenters. The number of aliphatic hydroxyl groups is 1. The van der Waals surface area contributed by atoms with E-state index in [1.54, 1.807) is 43.3 Å². The Hall–Kier alpha value is -2.87. The molecule has 2 aliphatic rings. The van der Waals surface area contributed by atoms with Crippen LogP contribution in [0.5, 0.6) is 5.75 Å². The summed E-state index contributed by atoms with van der Waals surface area (Å²) in [5, 5.41) is 14.8. The molecule has 1 saturated heterocycles. The largest absolute Gasteiger partial charge is 0.497 e. The number of nitrogens with one attached hydrogen (secondary N) is 2. The van der Waals surface area contributed by atoms with Crippen LogP contribution in [0.4, 0.5) is 5.69 Å². The van der Waals surface area contributed by atoms with E-state index in [-0.39, 0.29) is 36.2 Å². The minimum atomic E-state index is -0.682. The van der Waals surface area contributed by atoms with Gasteiger partial charge in [-0.15, -0.1) is 0 Å². The Balaban J connectivity index is 1.88. The van der Waals surface area contributed by atoms with Gasteiger partial charge in [-0.05, 0) is 49.4 Å². The molecule has 0 aromatic heterocycles. The maximum atomic E-state index is 13.8. The maximum Gasteiger partial charge on any atom is 0.247 e. The minimum absolute atomic E-state index is 0.0278. The highest BCUT2D eigenvalue weighted by atomic mass is 16.5. The van der Waals surface area contributed by atoms with E-state index in [4.69, 9.17) is 9.84 Å². The fraction of sp³-hybridized carbons (Fsp3) is 0.593. The third kappa shape index (κ3) is 6.04. The highest BCUT2D eigenvalue weighted by Gasteiger charge is 2.56. The van der Waals surface area contributed by atoms with Crippen LogP contribution < -0.4 is 15.4 Å².